The van der Waals surface area contributed by atoms with Gasteiger partial charge in [0.2, 0.25) is 5.95 Å². The molecule has 1 aliphatic carbocycles. The summed E-state index contributed by atoms with van der Waals surface area (Å²) in [6.07, 6.45) is 3.51. The number of nitrogens with zero attached hydrogens (tertiary/aromatic N) is 3. The number of fused-ring (bicyclic) bond motifs is 1. The van der Waals surface area contributed by atoms with Crippen molar-refractivity contribution in [3.8, 4) is 11.5 Å². The fraction of sp³-hybridized carbons (Fsp3) is 0.476. The van der Waals surface area contributed by atoms with Crippen LogP contribution in [0.1, 0.15) is 52.5 Å². The average Bonchev–Trinajstić information content (AvgIpc) is 3.21. The van der Waals surface area contributed by atoms with Crippen molar-refractivity contribution in [3.05, 3.63) is 40.7 Å². The zero-order chi connectivity index (χ0) is 19.0. The lowest BCUT2D eigenvalue weighted by Crippen LogP contribution is -2.26. The van der Waals surface area contributed by atoms with Crippen LogP contribution in [0.4, 0.5) is 5.95 Å². The van der Waals surface area contributed by atoms with E-state index in [4.69, 9.17) is 14.5 Å². The number of carbonyl (C=O) groups excluding carboxylic acids is 1. The summed E-state index contributed by atoms with van der Waals surface area (Å²) in [5, 5.41) is 0. The van der Waals surface area contributed by atoms with E-state index in [2.05, 4.69) is 9.88 Å². The molecule has 1 aliphatic heterocycles. The second-order valence-electron chi connectivity index (χ2n) is 7.26. The number of Topliss-reactive ketones (excluding diaryl/α,β-unsaturated/α-hetero) is 1. The van der Waals surface area contributed by atoms with Gasteiger partial charge in [-0.15, -0.1) is 0 Å². The Balaban J connectivity index is 1.71. The molecule has 6 nitrogen and oxygen atoms in total. The van der Waals surface area contributed by atoms with Crippen LogP contribution >= 0.6 is 0 Å². The van der Waals surface area contributed by atoms with Crippen LogP contribution in [-0.4, -0.2) is 43.1 Å². The van der Waals surface area contributed by atoms with Crippen molar-refractivity contribution in [1.29, 1.82) is 0 Å². The monoisotopic (exact) mass is 367 g/mol. The molecule has 0 saturated carbocycles. The first-order chi connectivity index (χ1) is 13.1. The molecule has 0 amide bonds. The van der Waals surface area contributed by atoms with E-state index < -0.39 is 0 Å². The highest BCUT2D eigenvalue weighted by molar-refractivity contribution is 5.99. The van der Waals surface area contributed by atoms with Gasteiger partial charge >= 0.3 is 0 Å². The first-order valence-electron chi connectivity index (χ1n) is 9.48. The topological polar surface area (TPSA) is 64.5 Å². The Bertz CT molecular complexity index is 875. The Hall–Kier alpha value is -2.63. The summed E-state index contributed by atoms with van der Waals surface area (Å²) in [4.78, 5) is 24.5. The molecule has 1 aromatic heterocycles. The van der Waals surface area contributed by atoms with Crippen molar-refractivity contribution in [3.63, 3.8) is 0 Å². The predicted octanol–water partition coefficient (Wildman–Crippen LogP) is 3.32. The van der Waals surface area contributed by atoms with Crippen LogP contribution in [0.2, 0.25) is 0 Å². The van der Waals surface area contributed by atoms with Crippen molar-refractivity contribution in [1.82, 2.24) is 9.97 Å². The Morgan fingerprint density at radius 1 is 1.07 bits per heavy atom. The van der Waals surface area contributed by atoms with E-state index in [1.165, 1.54) is 12.8 Å². The first-order valence-corrected chi connectivity index (χ1v) is 9.48. The molecular formula is C21H25N3O3. The van der Waals surface area contributed by atoms with Gasteiger partial charge in [0.1, 0.15) is 11.5 Å². The van der Waals surface area contributed by atoms with Crippen LogP contribution in [0.5, 0.6) is 11.5 Å². The standard InChI is InChI=1S/C21H25N3O3/c1-13-20-17(23-21(22-13)24-8-4-5-9-24)10-14(11-18(20)25)16-7-6-15(26-2)12-19(16)27-3/h6-7,12,14H,4-5,8-11H2,1-3H3. The number of hydrogen-bond acceptors (Lipinski definition) is 6. The molecule has 0 bridgehead atoms. The van der Waals surface area contributed by atoms with E-state index in [-0.39, 0.29) is 11.7 Å². The molecular weight excluding hydrogens is 342 g/mol. The maximum Gasteiger partial charge on any atom is 0.225 e. The van der Waals surface area contributed by atoms with Crippen molar-refractivity contribution < 1.29 is 14.3 Å². The van der Waals surface area contributed by atoms with E-state index in [0.717, 1.165) is 47.5 Å². The summed E-state index contributed by atoms with van der Waals surface area (Å²) in [6.45, 7) is 3.90. The van der Waals surface area contributed by atoms with Gasteiger partial charge < -0.3 is 14.4 Å². The van der Waals surface area contributed by atoms with Crippen LogP contribution in [0, 0.1) is 6.92 Å². The van der Waals surface area contributed by atoms with E-state index in [1.807, 2.05) is 25.1 Å². The van der Waals surface area contributed by atoms with E-state index in [9.17, 15) is 4.79 Å². The van der Waals surface area contributed by atoms with Gasteiger partial charge in [-0.05, 0) is 37.8 Å². The molecule has 1 unspecified atom stereocenters. The molecule has 1 saturated heterocycles. The minimum atomic E-state index is 0.0478. The molecule has 27 heavy (non-hydrogen) atoms. The molecule has 1 fully saturated rings. The van der Waals surface area contributed by atoms with Gasteiger partial charge in [0.05, 0.1) is 31.2 Å². The smallest absolute Gasteiger partial charge is 0.225 e. The molecule has 0 radical (unpaired) electrons. The van der Waals surface area contributed by atoms with Crippen LogP contribution in [0.25, 0.3) is 0 Å². The number of rotatable bonds is 4. The van der Waals surface area contributed by atoms with Gasteiger partial charge in [0.25, 0.3) is 0 Å². The second-order valence-corrected chi connectivity index (χ2v) is 7.26. The zero-order valence-electron chi connectivity index (χ0n) is 16.1. The summed E-state index contributed by atoms with van der Waals surface area (Å²) >= 11 is 0. The third kappa shape index (κ3) is 3.24. The maximum absolute atomic E-state index is 12.9. The summed E-state index contributed by atoms with van der Waals surface area (Å²) in [5.41, 5.74) is 3.40. The zero-order valence-corrected chi connectivity index (χ0v) is 16.1. The third-order valence-electron chi connectivity index (χ3n) is 5.57. The van der Waals surface area contributed by atoms with Crippen molar-refractivity contribution in [2.45, 2.75) is 38.5 Å². The van der Waals surface area contributed by atoms with Gasteiger partial charge in [-0.1, -0.05) is 6.07 Å². The summed E-state index contributed by atoms with van der Waals surface area (Å²) in [6, 6.07) is 5.78. The van der Waals surface area contributed by atoms with Gasteiger partial charge in [-0.2, -0.15) is 0 Å². The van der Waals surface area contributed by atoms with Gasteiger partial charge in [-0.25, -0.2) is 9.97 Å². The number of ether oxygens (including phenoxy) is 2. The Morgan fingerprint density at radius 2 is 1.85 bits per heavy atom. The van der Waals surface area contributed by atoms with E-state index >= 15 is 0 Å². The highest BCUT2D eigenvalue weighted by Gasteiger charge is 2.32. The fourth-order valence-electron chi connectivity index (χ4n) is 4.19. The molecule has 0 spiro atoms. The molecule has 142 valence electrons. The lowest BCUT2D eigenvalue weighted by molar-refractivity contribution is 0.0961. The van der Waals surface area contributed by atoms with Crippen molar-refractivity contribution in [2.75, 3.05) is 32.2 Å². The van der Waals surface area contributed by atoms with Crippen molar-refractivity contribution in [2.24, 2.45) is 0 Å². The fourth-order valence-corrected chi connectivity index (χ4v) is 4.19. The van der Waals surface area contributed by atoms with Gasteiger partial charge in [-0.3, -0.25) is 4.79 Å². The second kappa shape index (κ2) is 7.18. The quantitative estimate of drug-likeness (QED) is 0.826. The lowest BCUT2D eigenvalue weighted by Gasteiger charge is -2.27. The van der Waals surface area contributed by atoms with Crippen LogP contribution in [0.15, 0.2) is 18.2 Å². The number of ketones is 1. The first kappa shape index (κ1) is 17.8. The third-order valence-corrected chi connectivity index (χ3v) is 5.57. The van der Waals surface area contributed by atoms with Crippen LogP contribution in [0.3, 0.4) is 0 Å². The number of methoxy groups -OCH3 is 2. The van der Waals surface area contributed by atoms with E-state index in [1.54, 1.807) is 14.2 Å². The number of anilines is 1. The minimum absolute atomic E-state index is 0.0478. The molecule has 4 rings (SSSR count). The molecule has 2 heterocycles. The highest BCUT2D eigenvalue weighted by atomic mass is 16.5. The van der Waals surface area contributed by atoms with Crippen LogP contribution < -0.4 is 14.4 Å². The molecule has 1 atom stereocenters. The molecule has 2 aliphatic rings. The minimum Gasteiger partial charge on any atom is -0.497 e. The van der Waals surface area contributed by atoms with Gasteiger partial charge in [0, 0.05) is 31.5 Å². The molecule has 0 N–H and O–H groups in total. The van der Waals surface area contributed by atoms with Crippen molar-refractivity contribution >= 4 is 11.7 Å². The summed E-state index contributed by atoms with van der Waals surface area (Å²) in [7, 11) is 3.28. The largest absolute Gasteiger partial charge is 0.497 e. The lowest BCUT2D eigenvalue weighted by atomic mass is 9.81. The molecule has 6 heteroatoms. The Labute approximate surface area is 159 Å². The Kier molecular flexibility index (Phi) is 4.72. The highest BCUT2D eigenvalue weighted by Crippen LogP contribution is 2.39. The van der Waals surface area contributed by atoms with E-state index in [0.29, 0.717) is 18.4 Å². The molecule has 2 aromatic rings. The molecule has 1 aromatic carbocycles. The Morgan fingerprint density at radius 3 is 2.56 bits per heavy atom. The number of aryl methyl sites for hydroxylation is 1. The van der Waals surface area contributed by atoms with Gasteiger partial charge in [0.15, 0.2) is 5.78 Å². The van der Waals surface area contributed by atoms with Crippen LogP contribution in [-0.2, 0) is 6.42 Å². The number of hydrogen-bond donors (Lipinski definition) is 0. The predicted molar refractivity (Wildman–Crippen MR) is 103 cm³/mol. The summed E-state index contributed by atoms with van der Waals surface area (Å²) in [5.74, 6) is 2.42. The number of benzene rings is 1. The SMILES string of the molecule is COc1ccc(C2CC(=O)c3c(C)nc(N4CCCC4)nc3C2)c(OC)c1. The number of carbonyl (C=O) groups is 1. The average molecular weight is 367 g/mol. The normalized spacial score (nSPS) is 19.1. The number of aromatic nitrogens is 2. The summed E-state index contributed by atoms with van der Waals surface area (Å²) < 4.78 is 10.9. The maximum atomic E-state index is 12.9.